The summed E-state index contributed by atoms with van der Waals surface area (Å²) in [4.78, 5) is 66.7. The molecule has 4 aromatic rings. The van der Waals surface area contributed by atoms with Crippen molar-refractivity contribution in [2.45, 2.75) is 59.9 Å². The van der Waals surface area contributed by atoms with Crippen LogP contribution in [0.15, 0.2) is 65.9 Å². The number of hydrogen-bond donors (Lipinski definition) is 1. The first kappa shape index (κ1) is 37.0. The van der Waals surface area contributed by atoms with Gasteiger partial charge in [-0.2, -0.15) is 4.99 Å². The Kier molecular flexibility index (Phi) is 11.1. The zero-order valence-corrected chi connectivity index (χ0v) is 31.0. The van der Waals surface area contributed by atoms with Crippen molar-refractivity contribution in [1.29, 1.82) is 0 Å². The van der Waals surface area contributed by atoms with Crippen LogP contribution in [0.5, 0.6) is 0 Å². The van der Waals surface area contributed by atoms with Crippen LogP contribution in [0.4, 0.5) is 9.59 Å². The van der Waals surface area contributed by atoms with Gasteiger partial charge in [-0.15, -0.1) is 0 Å². The SMILES string of the molecule is COC(=O)/N=C/C(C(=O)N1CCn2c(-c3ccc(-c4ccc(-c5cnc6n5CCN(C(=O)[C@@H](NC(=O)OC)C(C)C)C6)cc4)cc3)cnc2C1)C(C)C. The van der Waals surface area contributed by atoms with E-state index >= 15 is 0 Å². The van der Waals surface area contributed by atoms with E-state index in [2.05, 4.69) is 82.7 Å². The molecule has 278 valence electrons. The van der Waals surface area contributed by atoms with Crippen molar-refractivity contribution in [2.75, 3.05) is 27.3 Å². The van der Waals surface area contributed by atoms with Gasteiger partial charge in [0.25, 0.3) is 0 Å². The standard InChI is InChI=1S/C39H46N8O6/c1-24(2)30(19-42-38(50)52-5)36(48)44-15-17-46-31(20-40-33(46)22-44)28-11-7-26(8-12-28)27-9-13-29(14-10-27)32-21-41-34-23-45(16-18-47(32)34)37(49)35(25(3)4)43-39(51)53-6/h7-14,19-21,24-25,30,35H,15-18,22-23H2,1-6H3,(H,43,51)/b42-19+/t30?,35-/m0/s1. The summed E-state index contributed by atoms with van der Waals surface area (Å²) < 4.78 is 13.6. The summed E-state index contributed by atoms with van der Waals surface area (Å²) in [5, 5.41) is 2.67. The highest BCUT2D eigenvalue weighted by molar-refractivity contribution is 5.96. The molecular weight excluding hydrogens is 676 g/mol. The number of aliphatic imine (C=N–C) groups is 1. The summed E-state index contributed by atoms with van der Waals surface area (Å²) in [6, 6.07) is 16.1. The van der Waals surface area contributed by atoms with E-state index in [-0.39, 0.29) is 23.7 Å². The molecule has 0 radical (unpaired) electrons. The van der Waals surface area contributed by atoms with Crippen LogP contribution in [-0.4, -0.2) is 92.5 Å². The Bertz CT molecular complexity index is 2000. The summed E-state index contributed by atoms with van der Waals surface area (Å²) in [5.41, 5.74) is 6.20. The molecule has 1 unspecified atom stereocenters. The molecule has 0 fully saturated rings. The van der Waals surface area contributed by atoms with E-state index in [1.165, 1.54) is 20.4 Å². The first-order valence-corrected chi connectivity index (χ1v) is 17.8. The van der Waals surface area contributed by atoms with Crippen molar-refractivity contribution >= 4 is 30.2 Å². The minimum absolute atomic E-state index is 0.0351. The van der Waals surface area contributed by atoms with E-state index in [4.69, 9.17) is 4.74 Å². The number of amides is 4. The molecule has 2 aromatic heterocycles. The number of benzene rings is 2. The zero-order chi connectivity index (χ0) is 37.8. The summed E-state index contributed by atoms with van der Waals surface area (Å²) >= 11 is 0. The third-order valence-electron chi connectivity index (χ3n) is 9.96. The van der Waals surface area contributed by atoms with Crippen LogP contribution >= 0.6 is 0 Å². The summed E-state index contributed by atoms with van der Waals surface area (Å²) in [6.07, 6.45) is 3.75. The minimum atomic E-state index is -0.726. The van der Waals surface area contributed by atoms with Gasteiger partial charge in [0, 0.05) is 32.4 Å². The number of carbonyl (C=O) groups is 4. The Labute approximate surface area is 308 Å². The molecule has 0 aliphatic carbocycles. The number of aromatic nitrogens is 4. The number of nitrogens with one attached hydrogen (secondary N) is 1. The maximum absolute atomic E-state index is 13.4. The Hall–Kier alpha value is -5.79. The molecule has 0 spiro atoms. The molecule has 0 bridgehead atoms. The topological polar surface area (TPSA) is 153 Å². The van der Waals surface area contributed by atoms with Crippen molar-refractivity contribution in [3.8, 4) is 33.6 Å². The monoisotopic (exact) mass is 722 g/mol. The van der Waals surface area contributed by atoms with Crippen LogP contribution in [0.2, 0.25) is 0 Å². The maximum Gasteiger partial charge on any atom is 0.432 e. The van der Waals surface area contributed by atoms with Gasteiger partial charge >= 0.3 is 12.2 Å². The van der Waals surface area contributed by atoms with Crippen LogP contribution in [0.3, 0.4) is 0 Å². The van der Waals surface area contributed by atoms with Crippen LogP contribution in [-0.2, 0) is 45.2 Å². The molecule has 53 heavy (non-hydrogen) atoms. The third-order valence-corrected chi connectivity index (χ3v) is 9.96. The molecule has 6 rings (SSSR count). The molecule has 4 heterocycles. The molecule has 2 aromatic carbocycles. The summed E-state index contributed by atoms with van der Waals surface area (Å²) in [6.45, 7) is 10.6. The lowest BCUT2D eigenvalue weighted by molar-refractivity contribution is -0.136. The van der Waals surface area contributed by atoms with Crippen LogP contribution in [0, 0.1) is 17.8 Å². The Morgan fingerprint density at radius 1 is 0.679 bits per heavy atom. The summed E-state index contributed by atoms with van der Waals surface area (Å²) in [7, 11) is 2.54. The molecule has 2 aliphatic heterocycles. The lowest BCUT2D eigenvalue weighted by Crippen LogP contribution is -2.52. The predicted molar refractivity (Wildman–Crippen MR) is 199 cm³/mol. The number of methoxy groups -OCH3 is 2. The second-order valence-corrected chi connectivity index (χ2v) is 14.0. The Morgan fingerprint density at radius 3 is 1.58 bits per heavy atom. The highest BCUT2D eigenvalue weighted by Crippen LogP contribution is 2.31. The molecule has 2 aliphatic rings. The third kappa shape index (κ3) is 7.86. The predicted octanol–water partition coefficient (Wildman–Crippen LogP) is 5.26. The minimum Gasteiger partial charge on any atom is -0.453 e. The first-order chi connectivity index (χ1) is 25.5. The van der Waals surface area contributed by atoms with E-state index in [1.54, 1.807) is 9.80 Å². The van der Waals surface area contributed by atoms with Gasteiger partial charge in [0.2, 0.25) is 11.8 Å². The fraction of sp³-hybridized carbons (Fsp3) is 0.410. The normalized spacial score (nSPS) is 15.2. The molecule has 2 atom stereocenters. The van der Waals surface area contributed by atoms with Gasteiger partial charge in [-0.25, -0.2) is 19.6 Å². The van der Waals surface area contributed by atoms with E-state index in [0.717, 1.165) is 45.3 Å². The maximum atomic E-state index is 13.4. The zero-order valence-electron chi connectivity index (χ0n) is 31.0. The van der Waals surface area contributed by atoms with Crippen LogP contribution in [0.1, 0.15) is 39.3 Å². The number of imidazole rings is 2. The van der Waals surface area contributed by atoms with E-state index in [1.807, 2.05) is 40.1 Å². The quantitative estimate of drug-likeness (QED) is 0.230. The Morgan fingerprint density at radius 2 is 1.15 bits per heavy atom. The second kappa shape index (κ2) is 15.8. The fourth-order valence-corrected chi connectivity index (χ4v) is 6.85. The number of alkyl carbamates (subject to hydrolysis) is 1. The fourth-order valence-electron chi connectivity index (χ4n) is 6.85. The van der Waals surface area contributed by atoms with Crippen LogP contribution in [0.25, 0.3) is 33.6 Å². The van der Waals surface area contributed by atoms with Gasteiger partial charge in [0.1, 0.15) is 17.7 Å². The smallest absolute Gasteiger partial charge is 0.432 e. The van der Waals surface area contributed by atoms with Crippen molar-refractivity contribution in [3.63, 3.8) is 0 Å². The van der Waals surface area contributed by atoms with Gasteiger partial charge in [-0.1, -0.05) is 76.2 Å². The highest BCUT2D eigenvalue weighted by atomic mass is 16.5. The molecule has 4 amide bonds. The van der Waals surface area contributed by atoms with E-state index < -0.39 is 24.1 Å². The van der Waals surface area contributed by atoms with Gasteiger partial charge in [0.05, 0.1) is 57.0 Å². The number of fused-ring (bicyclic) bond motifs is 2. The van der Waals surface area contributed by atoms with Gasteiger partial charge in [0.15, 0.2) is 0 Å². The Balaban J connectivity index is 1.10. The van der Waals surface area contributed by atoms with Crippen molar-refractivity contribution in [1.82, 2.24) is 34.2 Å². The summed E-state index contributed by atoms with van der Waals surface area (Å²) in [5.74, 6) is 0.705. The van der Waals surface area contributed by atoms with E-state index in [9.17, 15) is 19.2 Å². The van der Waals surface area contributed by atoms with Gasteiger partial charge < -0.3 is 33.7 Å². The molecule has 14 heteroatoms. The molecule has 1 N–H and O–H groups in total. The molecular formula is C39H46N8O6. The molecule has 0 saturated carbocycles. The average Bonchev–Trinajstić information content (AvgIpc) is 3.80. The highest BCUT2D eigenvalue weighted by Gasteiger charge is 2.33. The van der Waals surface area contributed by atoms with Crippen molar-refractivity contribution in [2.24, 2.45) is 22.7 Å². The van der Waals surface area contributed by atoms with Gasteiger partial charge in [-0.05, 0) is 34.1 Å². The average molecular weight is 723 g/mol. The lowest BCUT2D eigenvalue weighted by atomic mass is 9.95. The van der Waals surface area contributed by atoms with Crippen molar-refractivity contribution < 1.29 is 28.7 Å². The van der Waals surface area contributed by atoms with Crippen molar-refractivity contribution in [3.05, 3.63) is 72.6 Å². The number of rotatable bonds is 9. The second-order valence-electron chi connectivity index (χ2n) is 14.0. The first-order valence-electron chi connectivity index (χ1n) is 17.8. The number of ether oxygens (including phenoxy) is 2. The van der Waals surface area contributed by atoms with Gasteiger partial charge in [-0.3, -0.25) is 9.59 Å². The largest absolute Gasteiger partial charge is 0.453 e. The van der Waals surface area contributed by atoms with E-state index in [0.29, 0.717) is 39.3 Å². The number of hydrogen-bond acceptors (Lipinski definition) is 8. The molecule has 0 saturated heterocycles. The number of nitrogens with zero attached hydrogens (tertiary/aromatic N) is 7. The molecule has 14 nitrogen and oxygen atoms in total. The number of carbonyl (C=O) groups excluding carboxylic acids is 4. The lowest BCUT2D eigenvalue weighted by Gasteiger charge is -2.32. The van der Waals surface area contributed by atoms with Crippen LogP contribution < -0.4 is 5.32 Å².